The van der Waals surface area contributed by atoms with Crippen molar-refractivity contribution in [3.63, 3.8) is 0 Å². The van der Waals surface area contributed by atoms with Gasteiger partial charge in [0, 0.05) is 12.3 Å². The van der Waals surface area contributed by atoms with Gasteiger partial charge in [-0.25, -0.2) is 19.7 Å². The van der Waals surface area contributed by atoms with Gasteiger partial charge in [0.05, 0.1) is 0 Å². The first-order chi connectivity index (χ1) is 9.66. The predicted molar refractivity (Wildman–Crippen MR) is 75.6 cm³/mol. The Morgan fingerprint density at radius 3 is 2.75 bits per heavy atom. The number of carbonyl (C=O) groups excluding carboxylic acids is 2. The third-order valence-electron chi connectivity index (χ3n) is 3.90. The van der Waals surface area contributed by atoms with Gasteiger partial charge in [0.15, 0.2) is 5.16 Å². The molecule has 0 aromatic carbocycles. The highest BCUT2D eigenvalue weighted by atomic mass is 32.2. The van der Waals surface area contributed by atoms with Gasteiger partial charge in [-0.3, -0.25) is 4.79 Å². The maximum Gasteiger partial charge on any atom is 0.330 e. The van der Waals surface area contributed by atoms with Crippen molar-refractivity contribution in [3.8, 4) is 0 Å². The Bertz CT molecular complexity index is 557. The van der Waals surface area contributed by atoms with Crippen LogP contribution in [-0.2, 0) is 4.79 Å². The molecule has 7 heteroatoms. The number of carbonyl (C=O) groups is 2. The molecule has 1 saturated carbocycles. The Labute approximate surface area is 121 Å². The van der Waals surface area contributed by atoms with Crippen LogP contribution in [0.3, 0.4) is 0 Å². The zero-order chi connectivity index (χ0) is 14.2. The summed E-state index contributed by atoms with van der Waals surface area (Å²) >= 11 is 1.38. The highest BCUT2D eigenvalue weighted by Gasteiger charge is 2.52. The SMILES string of the molecule is CSc1nccc(N2C(=O)NC3(CCCCC3)C2=O)n1. The first-order valence-electron chi connectivity index (χ1n) is 6.70. The fourth-order valence-corrected chi connectivity index (χ4v) is 3.23. The molecule has 2 aliphatic rings. The Morgan fingerprint density at radius 1 is 1.30 bits per heavy atom. The van der Waals surface area contributed by atoms with Gasteiger partial charge in [-0.2, -0.15) is 0 Å². The van der Waals surface area contributed by atoms with Crippen molar-refractivity contribution < 1.29 is 9.59 Å². The number of nitrogens with one attached hydrogen (secondary N) is 1. The van der Waals surface area contributed by atoms with Gasteiger partial charge in [0.1, 0.15) is 11.4 Å². The highest BCUT2D eigenvalue weighted by molar-refractivity contribution is 7.98. The molecular formula is C13H16N4O2S. The van der Waals surface area contributed by atoms with E-state index in [-0.39, 0.29) is 11.9 Å². The van der Waals surface area contributed by atoms with E-state index < -0.39 is 5.54 Å². The molecular weight excluding hydrogens is 276 g/mol. The summed E-state index contributed by atoms with van der Waals surface area (Å²) in [6.07, 6.45) is 7.92. The molecule has 0 radical (unpaired) electrons. The first kappa shape index (κ1) is 13.4. The largest absolute Gasteiger partial charge is 0.330 e. The summed E-state index contributed by atoms with van der Waals surface area (Å²) in [6, 6.07) is 1.22. The molecule has 20 heavy (non-hydrogen) atoms. The van der Waals surface area contributed by atoms with Crippen LogP contribution in [0.15, 0.2) is 17.4 Å². The number of amides is 3. The van der Waals surface area contributed by atoms with E-state index in [2.05, 4.69) is 15.3 Å². The van der Waals surface area contributed by atoms with Crippen LogP contribution in [0.4, 0.5) is 10.6 Å². The van der Waals surface area contributed by atoms with Gasteiger partial charge in [-0.15, -0.1) is 0 Å². The van der Waals surface area contributed by atoms with Crippen molar-refractivity contribution in [1.82, 2.24) is 15.3 Å². The highest BCUT2D eigenvalue weighted by Crippen LogP contribution is 2.35. The zero-order valence-corrected chi connectivity index (χ0v) is 12.1. The van der Waals surface area contributed by atoms with E-state index in [1.165, 1.54) is 11.8 Å². The lowest BCUT2D eigenvalue weighted by Gasteiger charge is -2.30. The molecule has 0 unspecified atom stereocenters. The molecule has 3 rings (SSSR count). The molecule has 1 saturated heterocycles. The minimum absolute atomic E-state index is 0.173. The van der Waals surface area contributed by atoms with Gasteiger partial charge < -0.3 is 5.32 Å². The number of thioether (sulfide) groups is 1. The second-order valence-corrected chi connectivity index (χ2v) is 5.89. The molecule has 1 aromatic rings. The molecule has 2 fully saturated rings. The second-order valence-electron chi connectivity index (χ2n) is 5.12. The Kier molecular flexibility index (Phi) is 3.37. The lowest BCUT2D eigenvalue weighted by molar-refractivity contribution is -0.123. The summed E-state index contributed by atoms with van der Waals surface area (Å²) in [5.41, 5.74) is -0.709. The molecule has 0 bridgehead atoms. The maximum atomic E-state index is 12.7. The quantitative estimate of drug-likeness (QED) is 0.512. The number of hydrogen-bond donors (Lipinski definition) is 1. The lowest BCUT2D eigenvalue weighted by atomic mass is 9.82. The van der Waals surface area contributed by atoms with E-state index in [1.807, 2.05) is 6.26 Å². The van der Waals surface area contributed by atoms with E-state index in [0.717, 1.165) is 24.2 Å². The van der Waals surface area contributed by atoms with Gasteiger partial charge in [-0.05, 0) is 19.1 Å². The normalized spacial score (nSPS) is 21.4. The molecule has 1 spiro atoms. The van der Waals surface area contributed by atoms with E-state index in [4.69, 9.17) is 0 Å². The minimum Gasteiger partial charge on any atom is -0.323 e. The first-order valence-corrected chi connectivity index (χ1v) is 7.92. The molecule has 3 amide bonds. The molecule has 1 aromatic heterocycles. The van der Waals surface area contributed by atoms with E-state index in [1.54, 1.807) is 12.3 Å². The smallest absolute Gasteiger partial charge is 0.323 e. The van der Waals surface area contributed by atoms with Crippen LogP contribution < -0.4 is 10.2 Å². The Morgan fingerprint density at radius 2 is 2.05 bits per heavy atom. The van der Waals surface area contributed by atoms with Crippen LogP contribution in [0, 0.1) is 0 Å². The predicted octanol–water partition coefficient (Wildman–Crippen LogP) is 1.96. The third-order valence-corrected chi connectivity index (χ3v) is 4.46. The van der Waals surface area contributed by atoms with Crippen molar-refractivity contribution in [1.29, 1.82) is 0 Å². The zero-order valence-electron chi connectivity index (χ0n) is 11.3. The number of rotatable bonds is 2. The third kappa shape index (κ3) is 2.06. The lowest BCUT2D eigenvalue weighted by Crippen LogP contribution is -2.48. The van der Waals surface area contributed by atoms with Crippen molar-refractivity contribution >= 4 is 29.5 Å². The van der Waals surface area contributed by atoms with Crippen LogP contribution in [0.2, 0.25) is 0 Å². The molecule has 106 valence electrons. The number of imide groups is 1. The second kappa shape index (κ2) is 5.05. The Balaban J connectivity index is 1.93. The van der Waals surface area contributed by atoms with E-state index in [0.29, 0.717) is 23.8 Å². The van der Waals surface area contributed by atoms with Crippen LogP contribution in [-0.4, -0.2) is 33.7 Å². The van der Waals surface area contributed by atoms with Gasteiger partial charge in [0.2, 0.25) is 0 Å². The number of hydrogen-bond acceptors (Lipinski definition) is 5. The number of urea groups is 1. The summed E-state index contributed by atoms with van der Waals surface area (Å²) in [7, 11) is 0. The van der Waals surface area contributed by atoms with Crippen LogP contribution in [0.25, 0.3) is 0 Å². The fourth-order valence-electron chi connectivity index (χ4n) is 2.88. The maximum absolute atomic E-state index is 12.7. The van der Waals surface area contributed by atoms with Gasteiger partial charge >= 0.3 is 6.03 Å². The minimum atomic E-state index is -0.709. The van der Waals surface area contributed by atoms with Crippen molar-refractivity contribution in [3.05, 3.63) is 12.3 Å². The molecule has 1 aliphatic heterocycles. The molecule has 2 heterocycles. The van der Waals surface area contributed by atoms with Crippen LogP contribution in [0.1, 0.15) is 32.1 Å². The van der Waals surface area contributed by atoms with Gasteiger partial charge in [0.25, 0.3) is 5.91 Å². The summed E-state index contributed by atoms with van der Waals surface area (Å²) in [5, 5.41) is 3.42. The Hall–Kier alpha value is -1.63. The van der Waals surface area contributed by atoms with Gasteiger partial charge in [-0.1, -0.05) is 31.0 Å². The fraction of sp³-hybridized carbons (Fsp3) is 0.538. The van der Waals surface area contributed by atoms with Crippen LogP contribution >= 0.6 is 11.8 Å². The molecule has 1 aliphatic carbocycles. The van der Waals surface area contributed by atoms with E-state index >= 15 is 0 Å². The number of nitrogens with zero attached hydrogens (tertiary/aromatic N) is 3. The summed E-state index contributed by atoms with van der Waals surface area (Å²) in [5.74, 6) is 0.183. The average Bonchev–Trinajstić information content (AvgIpc) is 2.71. The summed E-state index contributed by atoms with van der Waals surface area (Å²) in [6.45, 7) is 0. The topological polar surface area (TPSA) is 75.2 Å². The summed E-state index contributed by atoms with van der Waals surface area (Å²) < 4.78 is 0. The average molecular weight is 292 g/mol. The van der Waals surface area contributed by atoms with Crippen molar-refractivity contribution in [2.24, 2.45) is 0 Å². The van der Waals surface area contributed by atoms with Crippen molar-refractivity contribution in [2.45, 2.75) is 42.8 Å². The standard InChI is InChI=1S/C13H16N4O2S/c1-20-11-14-8-5-9(15-11)17-10(18)13(16-12(17)19)6-3-2-4-7-13/h5,8H,2-4,6-7H2,1H3,(H,16,19). The summed E-state index contributed by atoms with van der Waals surface area (Å²) in [4.78, 5) is 34.3. The molecule has 0 atom stereocenters. The monoisotopic (exact) mass is 292 g/mol. The van der Waals surface area contributed by atoms with Crippen LogP contribution in [0.5, 0.6) is 0 Å². The molecule has 1 N–H and O–H groups in total. The molecule has 6 nitrogen and oxygen atoms in total. The number of anilines is 1. The van der Waals surface area contributed by atoms with E-state index in [9.17, 15) is 9.59 Å². The number of aromatic nitrogens is 2. The van der Waals surface area contributed by atoms with Crippen molar-refractivity contribution in [2.75, 3.05) is 11.2 Å².